The molecule has 43 heavy (non-hydrogen) atoms. The Hall–Kier alpha value is -2.44. The molecule has 1 saturated heterocycles. The summed E-state index contributed by atoms with van der Waals surface area (Å²) in [6.45, 7) is 0.861. The van der Waals surface area contributed by atoms with Crippen LogP contribution >= 0.6 is 31.9 Å². The maximum atomic E-state index is 13.7. The van der Waals surface area contributed by atoms with Crippen LogP contribution in [-0.2, 0) is 32.2 Å². The molecule has 0 aromatic heterocycles. The van der Waals surface area contributed by atoms with Gasteiger partial charge in [-0.2, -0.15) is 0 Å². The Bertz CT molecular complexity index is 1310. The molecule has 5 rings (SSSR count). The standard InChI is InChI=1S/C33H35Br2NO7/c34-18-24(35)14-9-17-41-33-28(36-31(38)25-15-7-8-16-26(25)32(36)39)30(42-20-23-12-5-2-6-13-23)29(37)27(43-33)21-40-19-22-10-3-1-4-11-22/h1-8,10-13,15-16,24,27-30,33,37H,9,14,17-21H2/t24?,27-,28-,29-,30-,33-/m1/s1. The minimum absolute atomic E-state index is 0.0585. The maximum Gasteiger partial charge on any atom is 0.262 e. The van der Waals surface area contributed by atoms with E-state index in [4.69, 9.17) is 18.9 Å². The molecular weight excluding hydrogens is 682 g/mol. The van der Waals surface area contributed by atoms with Gasteiger partial charge in [0.25, 0.3) is 11.8 Å². The quantitative estimate of drug-likeness (QED) is 0.134. The second kappa shape index (κ2) is 15.5. The number of nitrogens with zero attached hydrogens (tertiary/aromatic N) is 1. The lowest BCUT2D eigenvalue weighted by Crippen LogP contribution is -2.66. The third kappa shape index (κ3) is 7.81. The van der Waals surface area contributed by atoms with Crippen molar-refractivity contribution in [1.82, 2.24) is 4.90 Å². The summed E-state index contributed by atoms with van der Waals surface area (Å²) in [5.74, 6) is -0.941. The van der Waals surface area contributed by atoms with Gasteiger partial charge in [-0.1, -0.05) is 105 Å². The third-order valence-corrected chi connectivity index (χ3v) is 9.99. The number of halogens is 2. The largest absolute Gasteiger partial charge is 0.388 e. The van der Waals surface area contributed by atoms with Crippen LogP contribution in [0.5, 0.6) is 0 Å². The van der Waals surface area contributed by atoms with Crippen LogP contribution in [0.4, 0.5) is 0 Å². The van der Waals surface area contributed by atoms with E-state index in [0.29, 0.717) is 30.8 Å². The predicted octanol–water partition coefficient (Wildman–Crippen LogP) is 5.49. The van der Waals surface area contributed by atoms with Gasteiger partial charge in [0.15, 0.2) is 6.29 Å². The van der Waals surface area contributed by atoms with E-state index in [0.717, 1.165) is 27.8 Å². The number of alkyl halides is 2. The highest BCUT2D eigenvalue weighted by molar-refractivity contribution is 9.12. The van der Waals surface area contributed by atoms with Crippen LogP contribution in [0.15, 0.2) is 84.9 Å². The lowest BCUT2D eigenvalue weighted by molar-refractivity contribution is -0.290. The van der Waals surface area contributed by atoms with Crippen LogP contribution in [0, 0.1) is 0 Å². The average molecular weight is 717 g/mol. The molecule has 0 aliphatic carbocycles. The van der Waals surface area contributed by atoms with Crippen molar-refractivity contribution in [3.63, 3.8) is 0 Å². The fraction of sp³-hybridized carbons (Fsp3) is 0.394. The summed E-state index contributed by atoms with van der Waals surface area (Å²) in [5.41, 5.74) is 2.47. The number of hydrogen-bond acceptors (Lipinski definition) is 7. The third-order valence-electron chi connectivity index (χ3n) is 7.56. The van der Waals surface area contributed by atoms with Crippen LogP contribution in [0.25, 0.3) is 0 Å². The van der Waals surface area contributed by atoms with Crippen LogP contribution in [0.2, 0.25) is 0 Å². The number of benzene rings is 3. The molecule has 1 N–H and O–H groups in total. The fourth-order valence-corrected chi connectivity index (χ4v) is 5.98. The number of fused-ring (bicyclic) bond motifs is 1. The number of aliphatic hydroxyl groups excluding tert-OH is 1. The van der Waals surface area contributed by atoms with Crippen molar-refractivity contribution in [2.75, 3.05) is 18.5 Å². The van der Waals surface area contributed by atoms with Crippen LogP contribution < -0.4 is 0 Å². The Morgan fingerprint density at radius 3 is 2.02 bits per heavy atom. The lowest BCUT2D eigenvalue weighted by atomic mass is 9.95. The molecule has 6 atom stereocenters. The molecule has 0 radical (unpaired) electrons. The number of amides is 2. The van der Waals surface area contributed by atoms with Gasteiger partial charge in [-0.15, -0.1) is 0 Å². The van der Waals surface area contributed by atoms with Gasteiger partial charge in [0.05, 0.1) is 30.9 Å². The van der Waals surface area contributed by atoms with E-state index in [9.17, 15) is 14.7 Å². The molecule has 3 aromatic rings. The van der Waals surface area contributed by atoms with Gasteiger partial charge < -0.3 is 24.1 Å². The average Bonchev–Trinajstić information content (AvgIpc) is 3.29. The first-order valence-electron chi connectivity index (χ1n) is 14.4. The van der Waals surface area contributed by atoms with Crippen LogP contribution in [0.1, 0.15) is 44.7 Å². The van der Waals surface area contributed by atoms with Crippen molar-refractivity contribution < 1.29 is 33.6 Å². The summed E-state index contributed by atoms with van der Waals surface area (Å²) in [4.78, 5) is 28.8. The molecule has 2 aliphatic rings. The minimum Gasteiger partial charge on any atom is -0.388 e. The van der Waals surface area contributed by atoms with Crippen molar-refractivity contribution in [1.29, 1.82) is 0 Å². The molecule has 0 spiro atoms. The summed E-state index contributed by atoms with van der Waals surface area (Å²) < 4.78 is 24.9. The van der Waals surface area contributed by atoms with Crippen molar-refractivity contribution in [2.45, 2.75) is 61.5 Å². The first kappa shape index (κ1) is 32.0. The summed E-state index contributed by atoms with van der Waals surface area (Å²) in [7, 11) is 0. The summed E-state index contributed by atoms with van der Waals surface area (Å²) in [6, 6.07) is 24.9. The highest BCUT2D eigenvalue weighted by atomic mass is 79.9. The van der Waals surface area contributed by atoms with Crippen LogP contribution in [0.3, 0.4) is 0 Å². The number of rotatable bonds is 14. The molecule has 2 aliphatic heterocycles. The van der Waals surface area contributed by atoms with Crippen molar-refractivity contribution in [2.24, 2.45) is 0 Å². The van der Waals surface area contributed by atoms with E-state index in [1.165, 1.54) is 0 Å². The molecule has 3 aromatic carbocycles. The van der Waals surface area contributed by atoms with E-state index in [1.54, 1.807) is 24.3 Å². The SMILES string of the molecule is O=C1c2ccccc2C(=O)N1[C@H]1[C@H](OCCCC(Br)CBr)O[C@H](COCc2ccccc2)[C@@H](O)[C@@H]1OCc1ccccc1. The van der Waals surface area contributed by atoms with Gasteiger partial charge in [0.2, 0.25) is 0 Å². The van der Waals surface area contributed by atoms with Gasteiger partial charge in [-0.3, -0.25) is 14.5 Å². The van der Waals surface area contributed by atoms with E-state index in [2.05, 4.69) is 31.9 Å². The lowest BCUT2D eigenvalue weighted by Gasteiger charge is -2.46. The highest BCUT2D eigenvalue weighted by Crippen LogP contribution is 2.35. The molecule has 0 bridgehead atoms. The van der Waals surface area contributed by atoms with Crippen molar-refractivity contribution >= 4 is 43.7 Å². The van der Waals surface area contributed by atoms with Crippen LogP contribution in [-0.4, -0.2) is 75.8 Å². The molecule has 1 unspecified atom stereocenters. The van der Waals surface area contributed by atoms with Gasteiger partial charge in [0, 0.05) is 16.8 Å². The fourth-order valence-electron chi connectivity index (χ4n) is 5.34. The van der Waals surface area contributed by atoms with Gasteiger partial charge in [0.1, 0.15) is 24.4 Å². The number of hydrogen-bond donors (Lipinski definition) is 1. The normalized spacial score (nSPS) is 24.3. The Morgan fingerprint density at radius 1 is 0.837 bits per heavy atom. The molecule has 228 valence electrons. The molecule has 8 nitrogen and oxygen atoms in total. The maximum absolute atomic E-state index is 13.7. The van der Waals surface area contributed by atoms with Gasteiger partial charge in [-0.05, 0) is 36.1 Å². The van der Waals surface area contributed by atoms with Crippen molar-refractivity contribution in [3.8, 4) is 0 Å². The second-order valence-electron chi connectivity index (χ2n) is 10.6. The smallest absolute Gasteiger partial charge is 0.262 e. The number of aliphatic hydroxyl groups is 1. The number of ether oxygens (including phenoxy) is 4. The van der Waals surface area contributed by atoms with Gasteiger partial charge >= 0.3 is 0 Å². The molecule has 10 heteroatoms. The van der Waals surface area contributed by atoms with Crippen molar-refractivity contribution in [3.05, 3.63) is 107 Å². The second-order valence-corrected chi connectivity index (χ2v) is 12.5. The van der Waals surface area contributed by atoms with E-state index in [-0.39, 0.29) is 18.0 Å². The Labute approximate surface area is 268 Å². The molecule has 2 heterocycles. The molecule has 2 amide bonds. The Morgan fingerprint density at radius 2 is 1.42 bits per heavy atom. The Balaban J connectivity index is 1.41. The number of imide groups is 1. The summed E-state index contributed by atoms with van der Waals surface area (Å²) in [5, 5.41) is 12.5. The monoisotopic (exact) mass is 715 g/mol. The first-order chi connectivity index (χ1) is 21.0. The number of carbonyl (C=O) groups excluding carboxylic acids is 2. The first-order valence-corrected chi connectivity index (χ1v) is 16.4. The molecule has 0 saturated carbocycles. The zero-order valence-corrected chi connectivity index (χ0v) is 26.8. The summed E-state index contributed by atoms with van der Waals surface area (Å²) >= 11 is 7.09. The zero-order chi connectivity index (χ0) is 30.2. The van der Waals surface area contributed by atoms with E-state index in [1.807, 2.05) is 60.7 Å². The predicted molar refractivity (Wildman–Crippen MR) is 168 cm³/mol. The number of carbonyl (C=O) groups is 2. The molecular formula is C33H35Br2NO7. The van der Waals surface area contributed by atoms with E-state index < -0.39 is 42.5 Å². The van der Waals surface area contributed by atoms with E-state index >= 15 is 0 Å². The zero-order valence-electron chi connectivity index (χ0n) is 23.6. The topological polar surface area (TPSA) is 94.5 Å². The highest BCUT2D eigenvalue weighted by Gasteiger charge is 2.54. The minimum atomic E-state index is -1.21. The Kier molecular flexibility index (Phi) is 11.5. The summed E-state index contributed by atoms with van der Waals surface area (Å²) in [6.07, 6.45) is -2.53. The van der Waals surface area contributed by atoms with Gasteiger partial charge in [-0.25, -0.2) is 0 Å². The molecule has 1 fully saturated rings.